The minimum atomic E-state index is -1.16. The van der Waals surface area contributed by atoms with Crippen molar-refractivity contribution in [2.45, 2.75) is 37.8 Å². The summed E-state index contributed by atoms with van der Waals surface area (Å²) < 4.78 is 0. The predicted molar refractivity (Wildman–Crippen MR) is 71.9 cm³/mol. The molecule has 1 aliphatic carbocycles. The third kappa shape index (κ3) is 3.05. The second kappa shape index (κ2) is 5.87. The Balaban J connectivity index is 2.29. The predicted octanol–water partition coefficient (Wildman–Crippen LogP) is 2.01. The van der Waals surface area contributed by atoms with Crippen LogP contribution in [0.2, 0.25) is 0 Å². The molecule has 108 valence electrons. The molecule has 0 radical (unpaired) electrons. The number of hydrogen-bond donors (Lipinski definition) is 3. The van der Waals surface area contributed by atoms with E-state index in [2.05, 4.69) is 5.32 Å². The van der Waals surface area contributed by atoms with Crippen molar-refractivity contribution in [2.75, 3.05) is 5.32 Å². The van der Waals surface area contributed by atoms with Crippen molar-refractivity contribution in [1.29, 1.82) is 0 Å². The molecule has 7 heteroatoms. The van der Waals surface area contributed by atoms with Gasteiger partial charge in [0, 0.05) is 12.1 Å². The fourth-order valence-corrected chi connectivity index (χ4v) is 2.43. The van der Waals surface area contributed by atoms with Crippen molar-refractivity contribution >= 4 is 17.3 Å². The largest absolute Gasteiger partial charge is 0.478 e. The first kappa shape index (κ1) is 14.3. The number of nitro groups is 1. The van der Waals surface area contributed by atoms with Crippen molar-refractivity contribution in [3.8, 4) is 0 Å². The standard InChI is InChI=1S/C13H16N2O5/c16-12-4-2-1-3-10(12)14-11-7-8(15(19)20)5-6-9(11)13(17)18/h5-7,10,12,14,16H,1-4H2,(H,17,18). The molecule has 2 rings (SSSR count). The summed E-state index contributed by atoms with van der Waals surface area (Å²) in [5.74, 6) is -1.16. The van der Waals surface area contributed by atoms with Gasteiger partial charge in [-0.05, 0) is 18.9 Å². The van der Waals surface area contributed by atoms with E-state index in [1.165, 1.54) is 12.1 Å². The Morgan fingerprint density at radius 3 is 2.65 bits per heavy atom. The number of nitrogens with one attached hydrogen (secondary N) is 1. The molecular weight excluding hydrogens is 264 g/mol. The number of carboxylic acid groups (broad SMARTS) is 1. The van der Waals surface area contributed by atoms with Crippen molar-refractivity contribution in [3.63, 3.8) is 0 Å². The van der Waals surface area contributed by atoms with Gasteiger partial charge in [0.15, 0.2) is 0 Å². The van der Waals surface area contributed by atoms with Crippen LogP contribution in [0.3, 0.4) is 0 Å². The SMILES string of the molecule is O=C(O)c1ccc([N+](=O)[O-])cc1NC1CCCCC1O. The number of aromatic carboxylic acids is 1. The molecule has 0 heterocycles. The van der Waals surface area contributed by atoms with Crippen LogP contribution < -0.4 is 5.32 Å². The highest BCUT2D eigenvalue weighted by Crippen LogP contribution is 2.27. The molecule has 2 unspecified atom stereocenters. The quantitative estimate of drug-likeness (QED) is 0.574. The van der Waals surface area contributed by atoms with E-state index < -0.39 is 17.0 Å². The number of aliphatic hydroxyl groups excluding tert-OH is 1. The van der Waals surface area contributed by atoms with Crippen molar-refractivity contribution in [3.05, 3.63) is 33.9 Å². The van der Waals surface area contributed by atoms with Gasteiger partial charge in [-0.1, -0.05) is 12.8 Å². The molecular formula is C13H16N2O5. The van der Waals surface area contributed by atoms with Crippen LogP contribution in [0, 0.1) is 10.1 Å². The molecule has 1 saturated carbocycles. The zero-order valence-corrected chi connectivity index (χ0v) is 10.8. The van der Waals surface area contributed by atoms with Crippen molar-refractivity contribution < 1.29 is 19.9 Å². The van der Waals surface area contributed by atoms with E-state index >= 15 is 0 Å². The zero-order valence-electron chi connectivity index (χ0n) is 10.8. The van der Waals surface area contributed by atoms with Gasteiger partial charge in [0.25, 0.3) is 5.69 Å². The number of carbonyl (C=O) groups is 1. The molecule has 0 aromatic heterocycles. The maximum absolute atomic E-state index is 11.2. The molecule has 7 nitrogen and oxygen atoms in total. The first-order chi connectivity index (χ1) is 9.49. The van der Waals surface area contributed by atoms with Crippen LogP contribution in [-0.4, -0.2) is 33.3 Å². The molecule has 0 aliphatic heterocycles. The van der Waals surface area contributed by atoms with Crippen LogP contribution in [0.4, 0.5) is 11.4 Å². The topological polar surface area (TPSA) is 113 Å². The number of carboxylic acids is 1. The van der Waals surface area contributed by atoms with Gasteiger partial charge < -0.3 is 15.5 Å². The fraction of sp³-hybridized carbons (Fsp3) is 0.462. The van der Waals surface area contributed by atoms with E-state index in [9.17, 15) is 20.0 Å². The lowest BCUT2D eigenvalue weighted by Gasteiger charge is -2.29. The Kier molecular flexibility index (Phi) is 4.19. The summed E-state index contributed by atoms with van der Waals surface area (Å²) in [5.41, 5.74) is -0.0335. The van der Waals surface area contributed by atoms with E-state index in [-0.39, 0.29) is 23.0 Å². The van der Waals surface area contributed by atoms with Crippen LogP contribution >= 0.6 is 0 Å². The molecule has 2 atom stereocenters. The molecule has 20 heavy (non-hydrogen) atoms. The molecule has 1 aromatic rings. The van der Waals surface area contributed by atoms with E-state index in [4.69, 9.17) is 5.11 Å². The molecule has 3 N–H and O–H groups in total. The van der Waals surface area contributed by atoms with Crippen LogP contribution in [0.25, 0.3) is 0 Å². The minimum Gasteiger partial charge on any atom is -0.478 e. The summed E-state index contributed by atoms with van der Waals surface area (Å²) in [7, 11) is 0. The first-order valence-electron chi connectivity index (χ1n) is 6.45. The van der Waals surface area contributed by atoms with Gasteiger partial charge in [-0.25, -0.2) is 4.79 Å². The first-order valence-corrected chi connectivity index (χ1v) is 6.45. The Morgan fingerprint density at radius 2 is 2.05 bits per heavy atom. The number of nitro benzene ring substituents is 1. The zero-order chi connectivity index (χ0) is 14.7. The average Bonchev–Trinajstić information content (AvgIpc) is 2.41. The van der Waals surface area contributed by atoms with Gasteiger partial charge in [-0.3, -0.25) is 10.1 Å². The fourth-order valence-electron chi connectivity index (χ4n) is 2.43. The van der Waals surface area contributed by atoms with Gasteiger partial charge in [0.05, 0.1) is 28.3 Å². The summed E-state index contributed by atoms with van der Waals surface area (Å²) in [6.07, 6.45) is 2.66. The maximum atomic E-state index is 11.2. The summed E-state index contributed by atoms with van der Waals surface area (Å²) >= 11 is 0. The number of anilines is 1. The Bertz CT molecular complexity index is 531. The van der Waals surface area contributed by atoms with Gasteiger partial charge >= 0.3 is 5.97 Å². The van der Waals surface area contributed by atoms with E-state index in [1.54, 1.807) is 0 Å². The Labute approximate surface area is 115 Å². The number of non-ortho nitro benzene ring substituents is 1. The van der Waals surface area contributed by atoms with Gasteiger partial charge in [0.2, 0.25) is 0 Å². The molecule has 1 fully saturated rings. The van der Waals surface area contributed by atoms with Gasteiger partial charge in [-0.15, -0.1) is 0 Å². The molecule has 0 amide bonds. The van der Waals surface area contributed by atoms with Crippen molar-refractivity contribution in [1.82, 2.24) is 0 Å². The third-order valence-corrected chi connectivity index (χ3v) is 3.51. The van der Waals surface area contributed by atoms with E-state index in [1.807, 2.05) is 0 Å². The molecule has 0 saturated heterocycles. The third-order valence-electron chi connectivity index (χ3n) is 3.51. The normalized spacial score (nSPS) is 22.2. The second-order valence-corrected chi connectivity index (χ2v) is 4.89. The van der Waals surface area contributed by atoms with Crippen LogP contribution in [-0.2, 0) is 0 Å². The maximum Gasteiger partial charge on any atom is 0.337 e. The van der Waals surface area contributed by atoms with Crippen molar-refractivity contribution in [2.24, 2.45) is 0 Å². The molecule has 0 spiro atoms. The average molecular weight is 280 g/mol. The molecule has 0 bridgehead atoms. The smallest absolute Gasteiger partial charge is 0.337 e. The number of benzene rings is 1. The summed E-state index contributed by atoms with van der Waals surface area (Å²) in [6, 6.07) is 3.29. The Morgan fingerprint density at radius 1 is 1.35 bits per heavy atom. The Hall–Kier alpha value is -2.15. The highest BCUT2D eigenvalue weighted by molar-refractivity contribution is 5.94. The summed E-state index contributed by atoms with van der Waals surface area (Å²) in [5, 5.41) is 32.7. The number of nitrogens with zero attached hydrogens (tertiary/aromatic N) is 1. The number of aliphatic hydroxyl groups is 1. The molecule has 1 aromatic carbocycles. The highest BCUT2D eigenvalue weighted by Gasteiger charge is 2.25. The van der Waals surface area contributed by atoms with Gasteiger partial charge in [-0.2, -0.15) is 0 Å². The van der Waals surface area contributed by atoms with E-state index in [0.717, 1.165) is 18.9 Å². The lowest BCUT2D eigenvalue weighted by atomic mass is 9.92. The minimum absolute atomic E-state index is 0.0339. The van der Waals surface area contributed by atoms with Gasteiger partial charge in [0.1, 0.15) is 0 Å². The lowest BCUT2D eigenvalue weighted by Crippen LogP contribution is -2.36. The van der Waals surface area contributed by atoms with Crippen LogP contribution in [0.15, 0.2) is 18.2 Å². The molecule has 1 aliphatic rings. The summed E-state index contributed by atoms with van der Waals surface area (Å²) in [4.78, 5) is 21.4. The van der Waals surface area contributed by atoms with Crippen LogP contribution in [0.1, 0.15) is 36.0 Å². The second-order valence-electron chi connectivity index (χ2n) is 4.89. The monoisotopic (exact) mass is 280 g/mol. The van der Waals surface area contributed by atoms with E-state index in [0.29, 0.717) is 12.8 Å². The summed E-state index contributed by atoms with van der Waals surface area (Å²) in [6.45, 7) is 0. The highest BCUT2D eigenvalue weighted by atomic mass is 16.6. The lowest BCUT2D eigenvalue weighted by molar-refractivity contribution is -0.384. The number of rotatable bonds is 4. The number of hydrogen-bond acceptors (Lipinski definition) is 5. The van der Waals surface area contributed by atoms with Crippen LogP contribution in [0.5, 0.6) is 0 Å².